The van der Waals surface area contributed by atoms with Gasteiger partial charge in [0.1, 0.15) is 6.04 Å². The maximum absolute atomic E-state index is 11.9. The minimum atomic E-state index is -0.984. The van der Waals surface area contributed by atoms with Crippen LogP contribution in [-0.4, -0.2) is 53.2 Å². The molecule has 0 rings (SSSR count). The molecule has 0 aliphatic rings. The number of hydrogen-bond acceptors (Lipinski definition) is 3. The highest BCUT2D eigenvalue weighted by Crippen LogP contribution is 2.10. The van der Waals surface area contributed by atoms with Gasteiger partial charge in [0.15, 0.2) is 5.11 Å². The molecule has 6 nitrogen and oxygen atoms in total. The fourth-order valence-corrected chi connectivity index (χ4v) is 1.98. The Morgan fingerprint density at radius 3 is 2.32 bits per heavy atom. The quantitative estimate of drug-likeness (QED) is 0.590. The second kappa shape index (κ2) is 8.68. The Morgan fingerprint density at radius 2 is 1.89 bits per heavy atom. The summed E-state index contributed by atoms with van der Waals surface area (Å²) in [6.45, 7) is 6.59. The van der Waals surface area contributed by atoms with Gasteiger partial charge < -0.3 is 20.6 Å². The SMILES string of the molecule is CCNC(=S)NCCC(=O)N(C)[C@H](C(=O)O)C(C)C. The van der Waals surface area contributed by atoms with Gasteiger partial charge in [0.05, 0.1) is 0 Å². The van der Waals surface area contributed by atoms with Gasteiger partial charge in [-0.15, -0.1) is 0 Å². The Balaban J connectivity index is 4.26. The van der Waals surface area contributed by atoms with Crippen LogP contribution in [0.15, 0.2) is 0 Å². The number of rotatable bonds is 7. The molecule has 0 aromatic rings. The average Bonchev–Trinajstić information content (AvgIpc) is 2.27. The van der Waals surface area contributed by atoms with Gasteiger partial charge >= 0.3 is 5.97 Å². The van der Waals surface area contributed by atoms with Gasteiger partial charge in [-0.25, -0.2) is 4.79 Å². The minimum Gasteiger partial charge on any atom is -0.480 e. The zero-order chi connectivity index (χ0) is 15.0. The molecule has 1 amide bonds. The van der Waals surface area contributed by atoms with Crippen LogP contribution >= 0.6 is 12.2 Å². The van der Waals surface area contributed by atoms with Gasteiger partial charge in [-0.1, -0.05) is 13.8 Å². The highest BCUT2D eigenvalue weighted by Gasteiger charge is 2.28. The van der Waals surface area contributed by atoms with Crippen LogP contribution in [0.4, 0.5) is 0 Å². The highest BCUT2D eigenvalue weighted by molar-refractivity contribution is 7.80. The Kier molecular flexibility index (Phi) is 8.06. The molecule has 0 fully saturated rings. The Labute approximate surface area is 119 Å². The van der Waals surface area contributed by atoms with Crippen molar-refractivity contribution in [2.24, 2.45) is 5.92 Å². The maximum Gasteiger partial charge on any atom is 0.326 e. The number of carboxylic acid groups (broad SMARTS) is 1. The summed E-state index contributed by atoms with van der Waals surface area (Å²) in [7, 11) is 1.52. The summed E-state index contributed by atoms with van der Waals surface area (Å²) < 4.78 is 0. The normalized spacial score (nSPS) is 11.8. The molecule has 0 aromatic carbocycles. The number of thiocarbonyl (C=S) groups is 1. The van der Waals surface area contributed by atoms with Gasteiger partial charge in [0, 0.05) is 26.6 Å². The van der Waals surface area contributed by atoms with Crippen molar-refractivity contribution >= 4 is 29.2 Å². The molecule has 0 bridgehead atoms. The number of carboxylic acids is 1. The molecule has 0 aliphatic carbocycles. The molecule has 0 heterocycles. The third kappa shape index (κ3) is 6.37. The van der Waals surface area contributed by atoms with Gasteiger partial charge in [0.25, 0.3) is 0 Å². The lowest BCUT2D eigenvalue weighted by molar-refractivity contribution is -0.150. The summed E-state index contributed by atoms with van der Waals surface area (Å²) in [6, 6.07) is -0.798. The number of carbonyl (C=O) groups excluding carboxylic acids is 1. The van der Waals surface area contributed by atoms with E-state index in [1.807, 2.05) is 6.92 Å². The molecular weight excluding hydrogens is 266 g/mol. The first-order valence-electron chi connectivity index (χ1n) is 6.31. The zero-order valence-electron chi connectivity index (χ0n) is 11.9. The first-order chi connectivity index (χ1) is 8.81. The van der Waals surface area contributed by atoms with E-state index in [0.717, 1.165) is 0 Å². The van der Waals surface area contributed by atoms with Crippen molar-refractivity contribution in [2.75, 3.05) is 20.1 Å². The van der Waals surface area contributed by atoms with E-state index in [0.29, 0.717) is 18.2 Å². The third-order valence-electron chi connectivity index (χ3n) is 2.66. The van der Waals surface area contributed by atoms with Crippen LogP contribution in [0.1, 0.15) is 27.2 Å². The van der Waals surface area contributed by atoms with Crippen LogP contribution in [0.5, 0.6) is 0 Å². The standard InChI is InChI=1S/C12H23N3O3S/c1-5-13-12(19)14-7-6-9(16)15(4)10(8(2)3)11(17)18/h8,10H,5-7H2,1-4H3,(H,17,18)(H2,13,14,19)/t10-/m0/s1. The third-order valence-corrected chi connectivity index (χ3v) is 2.95. The van der Waals surface area contributed by atoms with Crippen LogP contribution in [0.25, 0.3) is 0 Å². The summed E-state index contributed by atoms with van der Waals surface area (Å²) in [5.41, 5.74) is 0. The van der Waals surface area contributed by atoms with E-state index in [2.05, 4.69) is 10.6 Å². The minimum absolute atomic E-state index is 0.137. The van der Waals surface area contributed by atoms with E-state index < -0.39 is 12.0 Å². The Hall–Kier alpha value is -1.37. The second-order valence-corrected chi connectivity index (χ2v) is 4.98. The number of carbonyl (C=O) groups is 2. The first-order valence-corrected chi connectivity index (χ1v) is 6.72. The van der Waals surface area contributed by atoms with Crippen LogP contribution in [-0.2, 0) is 9.59 Å². The van der Waals surface area contributed by atoms with Gasteiger partial charge in [-0.05, 0) is 25.1 Å². The van der Waals surface area contributed by atoms with Gasteiger partial charge in [-0.2, -0.15) is 0 Å². The fraction of sp³-hybridized carbons (Fsp3) is 0.750. The van der Waals surface area contributed by atoms with Crippen LogP contribution < -0.4 is 10.6 Å². The summed E-state index contributed by atoms with van der Waals surface area (Å²) in [5, 5.41) is 15.4. The number of nitrogens with zero attached hydrogens (tertiary/aromatic N) is 1. The summed E-state index contributed by atoms with van der Waals surface area (Å²) in [4.78, 5) is 24.3. The lowest BCUT2D eigenvalue weighted by Gasteiger charge is -2.27. The Morgan fingerprint density at radius 1 is 1.32 bits per heavy atom. The predicted molar refractivity (Wildman–Crippen MR) is 77.9 cm³/mol. The lowest BCUT2D eigenvalue weighted by atomic mass is 10.0. The largest absolute Gasteiger partial charge is 0.480 e. The van der Waals surface area contributed by atoms with Crippen molar-refractivity contribution in [2.45, 2.75) is 33.2 Å². The first kappa shape index (κ1) is 17.6. The molecule has 0 saturated carbocycles. The maximum atomic E-state index is 11.9. The number of amides is 1. The molecule has 19 heavy (non-hydrogen) atoms. The molecule has 1 atom stereocenters. The molecule has 7 heteroatoms. The van der Waals surface area contributed by atoms with Crippen molar-refractivity contribution in [3.8, 4) is 0 Å². The van der Waals surface area contributed by atoms with Crippen molar-refractivity contribution < 1.29 is 14.7 Å². The van der Waals surface area contributed by atoms with Crippen molar-refractivity contribution in [1.29, 1.82) is 0 Å². The molecule has 0 aliphatic heterocycles. The summed E-state index contributed by atoms with van der Waals surface area (Å²) in [6.07, 6.45) is 0.207. The van der Waals surface area contributed by atoms with Crippen LogP contribution in [0.2, 0.25) is 0 Å². The predicted octanol–water partition coefficient (Wildman–Crippen LogP) is 0.428. The average molecular weight is 289 g/mol. The monoisotopic (exact) mass is 289 g/mol. The molecular formula is C12H23N3O3S. The zero-order valence-corrected chi connectivity index (χ0v) is 12.7. The molecule has 3 N–H and O–H groups in total. The molecule has 110 valence electrons. The van der Waals surface area contributed by atoms with Crippen molar-refractivity contribution in [3.05, 3.63) is 0 Å². The summed E-state index contributed by atoms with van der Waals surface area (Å²) in [5.74, 6) is -1.34. The molecule has 0 spiro atoms. The van der Waals surface area contributed by atoms with E-state index in [4.69, 9.17) is 17.3 Å². The fourth-order valence-electron chi connectivity index (χ4n) is 1.74. The van der Waals surface area contributed by atoms with Crippen LogP contribution in [0, 0.1) is 5.92 Å². The van der Waals surface area contributed by atoms with Gasteiger partial charge in [0.2, 0.25) is 5.91 Å². The van der Waals surface area contributed by atoms with Crippen LogP contribution in [0.3, 0.4) is 0 Å². The summed E-state index contributed by atoms with van der Waals surface area (Å²) >= 11 is 4.96. The number of aliphatic carboxylic acids is 1. The molecule has 0 saturated heterocycles. The topological polar surface area (TPSA) is 81.7 Å². The van der Waals surface area contributed by atoms with Gasteiger partial charge in [-0.3, -0.25) is 4.79 Å². The van der Waals surface area contributed by atoms with E-state index in [1.54, 1.807) is 13.8 Å². The van der Waals surface area contributed by atoms with E-state index in [-0.39, 0.29) is 18.2 Å². The molecule has 0 radical (unpaired) electrons. The Bertz CT molecular complexity index is 334. The second-order valence-electron chi connectivity index (χ2n) is 4.57. The molecule has 0 unspecified atom stereocenters. The molecule has 0 aromatic heterocycles. The number of nitrogens with one attached hydrogen (secondary N) is 2. The number of likely N-dealkylation sites (N-methyl/N-ethyl adjacent to an activating group) is 1. The van der Waals surface area contributed by atoms with Crippen molar-refractivity contribution in [1.82, 2.24) is 15.5 Å². The van der Waals surface area contributed by atoms with E-state index in [9.17, 15) is 9.59 Å². The van der Waals surface area contributed by atoms with E-state index >= 15 is 0 Å². The lowest BCUT2D eigenvalue weighted by Crippen LogP contribution is -2.46. The highest BCUT2D eigenvalue weighted by atomic mass is 32.1. The van der Waals surface area contributed by atoms with E-state index in [1.165, 1.54) is 11.9 Å². The van der Waals surface area contributed by atoms with Crippen molar-refractivity contribution in [3.63, 3.8) is 0 Å². The smallest absolute Gasteiger partial charge is 0.326 e. The number of hydrogen-bond donors (Lipinski definition) is 3.